The number of hydrogen-bond donors (Lipinski definition) is 4. The highest BCUT2D eigenvalue weighted by atomic mass is 35.5. The Morgan fingerprint density at radius 2 is 2.03 bits per heavy atom. The number of anilines is 2. The van der Waals surface area contributed by atoms with Gasteiger partial charge in [-0.15, -0.1) is 0 Å². The van der Waals surface area contributed by atoms with Crippen LogP contribution in [0.3, 0.4) is 0 Å². The first kappa shape index (κ1) is 27.4. The predicted octanol–water partition coefficient (Wildman–Crippen LogP) is 3.70. The van der Waals surface area contributed by atoms with Crippen molar-refractivity contribution in [1.82, 2.24) is 15.2 Å². The van der Waals surface area contributed by atoms with Gasteiger partial charge < -0.3 is 35.8 Å². The molecule has 202 valence electrons. The number of carbonyl (C=O) groups excluding carboxylic acids is 2. The quantitative estimate of drug-likeness (QED) is 0.211. The first-order valence-corrected chi connectivity index (χ1v) is 12.9. The molecule has 10 nitrogen and oxygen atoms in total. The molecule has 1 aliphatic heterocycles. The molecule has 0 spiro atoms. The van der Waals surface area contributed by atoms with Gasteiger partial charge in [-0.3, -0.25) is 14.6 Å². The van der Waals surface area contributed by atoms with Gasteiger partial charge in [-0.1, -0.05) is 11.6 Å². The molecule has 1 aromatic heterocycles. The number of nitrogens with one attached hydrogen (secondary N) is 2. The maximum Gasteiger partial charge on any atom is 0.254 e. The normalized spacial score (nSPS) is 14.3. The second kappa shape index (κ2) is 12.3. The number of rotatable bonds is 11. The van der Waals surface area contributed by atoms with E-state index >= 15 is 0 Å². The number of β-amino-alcohol motifs (C(OH)–C–C–N with tert-alkyl or cyclic N) is 1. The van der Waals surface area contributed by atoms with Gasteiger partial charge in [0.1, 0.15) is 24.2 Å². The van der Waals surface area contributed by atoms with Gasteiger partial charge in [0.15, 0.2) is 12.0 Å². The Morgan fingerprint density at radius 3 is 2.71 bits per heavy atom. The Hall–Kier alpha value is -3.60. The van der Waals surface area contributed by atoms with Gasteiger partial charge >= 0.3 is 0 Å². The molecule has 2 heterocycles. The van der Waals surface area contributed by atoms with E-state index in [4.69, 9.17) is 26.8 Å². The number of carbonyl (C=O) groups is 2. The standard InChI is InChI=1S/C27H32ClN5O5/c1-3-31-26-16(14-34)10-23(25(29)24(26)28)38-21-6-7-32-20-12-22(19(11-18(20)21)27(36)30-2)37-15-17(35)13-33-8-4-5-9-33/h6-7,10-12,14,17,31,35H,3-5,8-9,13,15,29H2,1-2H3,(H,30,36)/t17-/m1/s1. The van der Waals surface area contributed by atoms with Crippen molar-refractivity contribution < 1.29 is 24.2 Å². The zero-order chi connectivity index (χ0) is 27.2. The van der Waals surface area contributed by atoms with Crippen LogP contribution >= 0.6 is 11.6 Å². The average molecular weight is 542 g/mol. The number of aldehydes is 1. The first-order chi connectivity index (χ1) is 18.4. The van der Waals surface area contributed by atoms with Crippen molar-refractivity contribution in [3.63, 3.8) is 0 Å². The van der Waals surface area contributed by atoms with Gasteiger partial charge in [0.05, 0.1) is 27.5 Å². The third-order valence-electron chi connectivity index (χ3n) is 6.37. The minimum absolute atomic E-state index is 0.0316. The van der Waals surface area contributed by atoms with Crippen molar-refractivity contribution in [2.75, 3.05) is 50.9 Å². The molecule has 38 heavy (non-hydrogen) atoms. The number of likely N-dealkylation sites (tertiary alicyclic amines) is 1. The van der Waals surface area contributed by atoms with E-state index in [-0.39, 0.29) is 34.5 Å². The van der Waals surface area contributed by atoms with Crippen LogP contribution in [0.15, 0.2) is 30.5 Å². The summed E-state index contributed by atoms with van der Waals surface area (Å²) in [6, 6.07) is 6.39. The third-order valence-corrected chi connectivity index (χ3v) is 6.76. The fourth-order valence-corrected chi connectivity index (χ4v) is 4.75. The highest BCUT2D eigenvalue weighted by molar-refractivity contribution is 6.36. The lowest BCUT2D eigenvalue weighted by atomic mass is 10.1. The topological polar surface area (TPSA) is 139 Å². The van der Waals surface area contributed by atoms with Crippen LogP contribution in [-0.4, -0.2) is 73.1 Å². The maximum absolute atomic E-state index is 12.7. The second-order valence-corrected chi connectivity index (χ2v) is 9.42. The lowest BCUT2D eigenvalue weighted by Gasteiger charge is -2.20. The number of pyridine rings is 1. The summed E-state index contributed by atoms with van der Waals surface area (Å²) >= 11 is 6.43. The van der Waals surface area contributed by atoms with Crippen LogP contribution in [-0.2, 0) is 0 Å². The summed E-state index contributed by atoms with van der Waals surface area (Å²) in [7, 11) is 1.52. The van der Waals surface area contributed by atoms with Gasteiger partial charge in [0.25, 0.3) is 5.91 Å². The Labute approximate surface area is 226 Å². The number of aliphatic hydroxyl groups excluding tert-OH is 1. The van der Waals surface area contributed by atoms with E-state index in [1.165, 1.54) is 13.1 Å². The number of aliphatic hydroxyl groups is 1. The minimum Gasteiger partial charge on any atom is -0.490 e. The highest BCUT2D eigenvalue weighted by Gasteiger charge is 2.21. The number of aromatic nitrogens is 1. The third kappa shape index (κ3) is 5.93. The van der Waals surface area contributed by atoms with E-state index in [1.807, 2.05) is 6.92 Å². The Bertz CT molecular complexity index is 1330. The largest absolute Gasteiger partial charge is 0.490 e. The molecule has 1 atom stereocenters. The van der Waals surface area contributed by atoms with Crippen LogP contribution in [0.5, 0.6) is 17.2 Å². The fourth-order valence-electron chi connectivity index (χ4n) is 4.48. The zero-order valence-electron chi connectivity index (χ0n) is 21.4. The molecule has 0 aliphatic carbocycles. The van der Waals surface area contributed by atoms with Crippen molar-refractivity contribution in [3.8, 4) is 17.2 Å². The van der Waals surface area contributed by atoms with Crippen molar-refractivity contribution >= 4 is 46.1 Å². The number of halogens is 1. The minimum atomic E-state index is -0.700. The molecule has 0 unspecified atom stereocenters. The van der Waals surface area contributed by atoms with Gasteiger partial charge in [-0.2, -0.15) is 0 Å². The van der Waals surface area contributed by atoms with E-state index < -0.39 is 6.10 Å². The van der Waals surface area contributed by atoms with E-state index in [1.54, 1.807) is 24.4 Å². The molecule has 1 amide bonds. The van der Waals surface area contributed by atoms with Crippen molar-refractivity contribution in [2.45, 2.75) is 25.9 Å². The van der Waals surface area contributed by atoms with Crippen LogP contribution in [0.1, 0.15) is 40.5 Å². The first-order valence-electron chi connectivity index (χ1n) is 12.5. The lowest BCUT2D eigenvalue weighted by Crippen LogP contribution is -2.34. The Balaban J connectivity index is 1.66. The van der Waals surface area contributed by atoms with Crippen LogP contribution in [0, 0.1) is 0 Å². The van der Waals surface area contributed by atoms with Gasteiger partial charge in [-0.05, 0) is 51.1 Å². The summed E-state index contributed by atoms with van der Waals surface area (Å²) in [5, 5.41) is 16.8. The smallest absolute Gasteiger partial charge is 0.254 e. The van der Waals surface area contributed by atoms with E-state index in [0.29, 0.717) is 53.0 Å². The van der Waals surface area contributed by atoms with E-state index in [9.17, 15) is 14.7 Å². The van der Waals surface area contributed by atoms with Crippen molar-refractivity contribution in [3.05, 3.63) is 46.6 Å². The molecule has 0 radical (unpaired) electrons. The molecule has 3 aromatic rings. The molecule has 1 aliphatic rings. The zero-order valence-corrected chi connectivity index (χ0v) is 22.2. The molecule has 2 aromatic carbocycles. The number of nitrogens with zero attached hydrogens (tertiary/aromatic N) is 2. The Morgan fingerprint density at radius 1 is 1.26 bits per heavy atom. The number of ether oxygens (including phenoxy) is 2. The average Bonchev–Trinajstić information content (AvgIpc) is 3.43. The Kier molecular flexibility index (Phi) is 8.88. The summed E-state index contributed by atoms with van der Waals surface area (Å²) in [4.78, 5) is 31.0. The number of fused-ring (bicyclic) bond motifs is 1. The molecule has 0 bridgehead atoms. The lowest BCUT2D eigenvalue weighted by molar-refractivity contribution is 0.0746. The monoisotopic (exact) mass is 541 g/mol. The molecule has 0 saturated carbocycles. The highest BCUT2D eigenvalue weighted by Crippen LogP contribution is 2.42. The predicted molar refractivity (Wildman–Crippen MR) is 148 cm³/mol. The van der Waals surface area contributed by atoms with Gasteiger partial charge in [-0.25, -0.2) is 0 Å². The number of amides is 1. The van der Waals surface area contributed by atoms with Crippen LogP contribution < -0.4 is 25.8 Å². The van der Waals surface area contributed by atoms with Gasteiger partial charge in [0, 0.05) is 43.4 Å². The van der Waals surface area contributed by atoms with E-state index in [2.05, 4.69) is 20.5 Å². The SMILES string of the molecule is CCNc1c(C=O)cc(Oc2ccnc3cc(OC[C@H](O)CN4CCCC4)c(C(=O)NC)cc23)c(N)c1Cl. The molecule has 5 N–H and O–H groups in total. The van der Waals surface area contributed by atoms with Crippen LogP contribution in [0.4, 0.5) is 11.4 Å². The number of nitrogen functional groups attached to an aromatic ring is 1. The summed E-state index contributed by atoms with van der Waals surface area (Å²) < 4.78 is 12.0. The molecule has 11 heteroatoms. The summed E-state index contributed by atoms with van der Waals surface area (Å²) in [6.45, 7) is 4.90. The van der Waals surface area contributed by atoms with Crippen LogP contribution in [0.25, 0.3) is 10.9 Å². The van der Waals surface area contributed by atoms with Crippen LogP contribution in [0.2, 0.25) is 5.02 Å². The van der Waals surface area contributed by atoms with Crippen molar-refractivity contribution in [1.29, 1.82) is 0 Å². The molecular weight excluding hydrogens is 510 g/mol. The summed E-state index contributed by atoms with van der Waals surface area (Å²) in [5.41, 5.74) is 7.90. The molecular formula is C27H32ClN5O5. The molecule has 4 rings (SSSR count). The van der Waals surface area contributed by atoms with Crippen molar-refractivity contribution in [2.24, 2.45) is 0 Å². The number of nitrogens with two attached hydrogens (primary N) is 1. The van der Waals surface area contributed by atoms with E-state index in [0.717, 1.165) is 25.9 Å². The summed E-state index contributed by atoms with van der Waals surface area (Å²) in [6.07, 6.45) is 3.78. The molecule has 1 fully saturated rings. The summed E-state index contributed by atoms with van der Waals surface area (Å²) in [5.74, 6) is 0.476. The molecule has 1 saturated heterocycles. The number of hydrogen-bond acceptors (Lipinski definition) is 9. The fraction of sp³-hybridized carbons (Fsp3) is 0.370. The second-order valence-electron chi connectivity index (χ2n) is 9.04. The number of benzene rings is 2. The van der Waals surface area contributed by atoms with Gasteiger partial charge in [0.2, 0.25) is 0 Å². The maximum atomic E-state index is 12.7.